The molecule has 6 heteroatoms. The van der Waals surface area contributed by atoms with Crippen LogP contribution < -0.4 is 5.32 Å². The Labute approximate surface area is 110 Å². The van der Waals surface area contributed by atoms with E-state index in [1.165, 1.54) is 12.3 Å². The minimum Gasteiger partial charge on any atom is -0.440 e. The lowest BCUT2D eigenvalue weighted by molar-refractivity contribution is -0.384. The third-order valence-corrected chi connectivity index (χ3v) is 2.69. The minimum atomic E-state index is -0.420. The zero-order valence-electron chi connectivity index (χ0n) is 10.6. The van der Waals surface area contributed by atoms with Crippen LogP contribution in [-0.4, -0.2) is 23.0 Å². The molecule has 100 valence electrons. The Balaban J connectivity index is 2.21. The lowest BCUT2D eigenvalue weighted by Gasteiger charge is -1.99. The van der Waals surface area contributed by atoms with Crippen LogP contribution in [0.2, 0.25) is 0 Å². The van der Waals surface area contributed by atoms with Crippen LogP contribution in [-0.2, 0) is 6.42 Å². The van der Waals surface area contributed by atoms with Crippen molar-refractivity contribution >= 4 is 5.69 Å². The van der Waals surface area contributed by atoms with Crippen molar-refractivity contribution in [2.24, 2.45) is 0 Å². The fourth-order valence-electron chi connectivity index (χ4n) is 1.76. The number of nitro benzene ring substituents is 1. The number of hydrogen-bond donors (Lipinski definition) is 1. The van der Waals surface area contributed by atoms with Crippen LogP contribution in [0.25, 0.3) is 11.3 Å². The maximum atomic E-state index is 10.9. The molecular weight excluding hydrogens is 246 g/mol. The molecule has 0 unspecified atom stereocenters. The van der Waals surface area contributed by atoms with Crippen LogP contribution >= 0.6 is 0 Å². The average molecular weight is 261 g/mol. The third kappa shape index (κ3) is 3.17. The second kappa shape index (κ2) is 6.10. The van der Waals surface area contributed by atoms with E-state index in [4.69, 9.17) is 4.42 Å². The molecule has 1 aromatic carbocycles. The highest BCUT2D eigenvalue weighted by Crippen LogP contribution is 2.29. The molecule has 0 aliphatic heterocycles. The smallest absolute Gasteiger partial charge is 0.280 e. The van der Waals surface area contributed by atoms with Crippen LogP contribution in [0.1, 0.15) is 12.8 Å². The average Bonchev–Trinajstić information content (AvgIpc) is 2.88. The number of rotatable bonds is 6. The molecule has 0 atom stereocenters. The number of nitro groups is 1. The summed E-state index contributed by atoms with van der Waals surface area (Å²) in [4.78, 5) is 14.7. The van der Waals surface area contributed by atoms with E-state index in [0.29, 0.717) is 23.6 Å². The Kier molecular flexibility index (Phi) is 4.25. The fraction of sp³-hybridized carbons (Fsp3) is 0.308. The molecule has 0 fully saturated rings. The van der Waals surface area contributed by atoms with Crippen molar-refractivity contribution in [2.75, 3.05) is 13.1 Å². The molecule has 19 heavy (non-hydrogen) atoms. The maximum Gasteiger partial charge on any atom is 0.280 e. The summed E-state index contributed by atoms with van der Waals surface area (Å²) in [5, 5.41) is 14.1. The predicted octanol–water partition coefficient (Wildman–Crippen LogP) is 2.40. The predicted molar refractivity (Wildman–Crippen MR) is 70.8 cm³/mol. The molecule has 6 nitrogen and oxygen atoms in total. The zero-order valence-corrected chi connectivity index (χ0v) is 10.6. The molecule has 1 heterocycles. The third-order valence-electron chi connectivity index (χ3n) is 2.69. The van der Waals surface area contributed by atoms with Crippen molar-refractivity contribution in [1.82, 2.24) is 10.3 Å². The monoisotopic (exact) mass is 261 g/mol. The molecule has 0 saturated heterocycles. The molecule has 0 saturated carbocycles. The Hall–Kier alpha value is -2.21. The van der Waals surface area contributed by atoms with Crippen LogP contribution in [0.3, 0.4) is 0 Å². The van der Waals surface area contributed by atoms with Gasteiger partial charge in [-0.25, -0.2) is 4.98 Å². The van der Waals surface area contributed by atoms with Gasteiger partial charge in [-0.1, -0.05) is 19.1 Å². The Morgan fingerprint density at radius 2 is 2.21 bits per heavy atom. The van der Waals surface area contributed by atoms with Gasteiger partial charge in [0, 0.05) is 19.0 Å². The van der Waals surface area contributed by atoms with E-state index in [2.05, 4.69) is 10.3 Å². The zero-order chi connectivity index (χ0) is 13.7. The van der Waals surface area contributed by atoms with E-state index in [1.54, 1.807) is 18.2 Å². The Bertz CT molecular complexity index is 566. The van der Waals surface area contributed by atoms with E-state index < -0.39 is 4.92 Å². The van der Waals surface area contributed by atoms with Crippen molar-refractivity contribution in [3.63, 3.8) is 0 Å². The molecule has 1 N–H and O–H groups in total. The van der Waals surface area contributed by atoms with Gasteiger partial charge in [0.2, 0.25) is 0 Å². The van der Waals surface area contributed by atoms with E-state index in [1.807, 2.05) is 6.92 Å². The van der Waals surface area contributed by atoms with Crippen LogP contribution in [0.5, 0.6) is 0 Å². The number of aromatic nitrogens is 1. The number of nitrogens with zero attached hydrogens (tertiary/aromatic N) is 2. The van der Waals surface area contributed by atoms with Crippen molar-refractivity contribution in [3.8, 4) is 11.3 Å². The molecule has 0 aliphatic rings. The topological polar surface area (TPSA) is 81.2 Å². The van der Waals surface area contributed by atoms with Crippen LogP contribution in [0, 0.1) is 10.1 Å². The van der Waals surface area contributed by atoms with E-state index in [-0.39, 0.29) is 5.69 Å². The van der Waals surface area contributed by atoms with Gasteiger partial charge in [-0.2, -0.15) is 0 Å². The van der Waals surface area contributed by atoms with Gasteiger partial charge >= 0.3 is 0 Å². The first-order valence-electron chi connectivity index (χ1n) is 6.11. The van der Waals surface area contributed by atoms with Crippen molar-refractivity contribution < 1.29 is 9.34 Å². The van der Waals surface area contributed by atoms with Gasteiger partial charge in [-0.15, -0.1) is 0 Å². The number of likely N-dealkylation sites (N-methyl/N-ethyl adjacent to an activating group) is 1. The highest BCUT2D eigenvalue weighted by molar-refractivity contribution is 5.68. The first kappa shape index (κ1) is 13.2. The molecule has 0 aliphatic carbocycles. The lowest BCUT2D eigenvalue weighted by atomic mass is 10.1. The van der Waals surface area contributed by atoms with Crippen LogP contribution in [0.4, 0.5) is 5.69 Å². The molecule has 0 bridgehead atoms. The second-order valence-corrected chi connectivity index (χ2v) is 4.00. The van der Waals surface area contributed by atoms with Crippen molar-refractivity contribution in [2.45, 2.75) is 13.3 Å². The summed E-state index contributed by atoms with van der Waals surface area (Å²) in [7, 11) is 0. The largest absolute Gasteiger partial charge is 0.440 e. The molecule has 2 aromatic rings. The SMILES string of the molecule is CCNCCc1ncc(-c2ccccc2[N+](=O)[O-])o1. The molecule has 0 radical (unpaired) electrons. The van der Waals surface area contributed by atoms with E-state index in [0.717, 1.165) is 13.1 Å². The van der Waals surface area contributed by atoms with Gasteiger partial charge in [0.25, 0.3) is 5.69 Å². The van der Waals surface area contributed by atoms with Gasteiger partial charge < -0.3 is 9.73 Å². The van der Waals surface area contributed by atoms with E-state index in [9.17, 15) is 10.1 Å². The number of hydrogen-bond acceptors (Lipinski definition) is 5. The lowest BCUT2D eigenvalue weighted by Crippen LogP contribution is -2.16. The first-order chi connectivity index (χ1) is 9.22. The summed E-state index contributed by atoms with van der Waals surface area (Å²) in [5.41, 5.74) is 0.478. The highest BCUT2D eigenvalue weighted by Gasteiger charge is 2.17. The van der Waals surface area contributed by atoms with Crippen LogP contribution in [0.15, 0.2) is 34.9 Å². The van der Waals surface area contributed by atoms with Gasteiger partial charge in [0.1, 0.15) is 0 Å². The summed E-state index contributed by atoms with van der Waals surface area (Å²) in [5.74, 6) is 1.01. The Morgan fingerprint density at radius 1 is 1.42 bits per heavy atom. The molecule has 0 spiro atoms. The number of oxazole rings is 1. The van der Waals surface area contributed by atoms with E-state index >= 15 is 0 Å². The normalized spacial score (nSPS) is 10.6. The highest BCUT2D eigenvalue weighted by atomic mass is 16.6. The fourth-order valence-corrected chi connectivity index (χ4v) is 1.76. The summed E-state index contributed by atoms with van der Waals surface area (Å²) in [6, 6.07) is 6.48. The molecule has 0 amide bonds. The van der Waals surface area contributed by atoms with Gasteiger partial charge in [0.05, 0.1) is 16.7 Å². The summed E-state index contributed by atoms with van der Waals surface area (Å²) in [6.07, 6.45) is 2.19. The van der Waals surface area contributed by atoms with Gasteiger partial charge in [-0.05, 0) is 12.6 Å². The summed E-state index contributed by atoms with van der Waals surface area (Å²) < 4.78 is 5.55. The number of benzene rings is 1. The minimum absolute atomic E-state index is 0.0249. The summed E-state index contributed by atoms with van der Waals surface area (Å²) >= 11 is 0. The molecular formula is C13H15N3O3. The van der Waals surface area contributed by atoms with Crippen molar-refractivity contribution in [3.05, 3.63) is 46.5 Å². The first-order valence-corrected chi connectivity index (χ1v) is 6.11. The quantitative estimate of drug-likeness (QED) is 0.490. The second-order valence-electron chi connectivity index (χ2n) is 4.00. The Morgan fingerprint density at radius 3 is 2.95 bits per heavy atom. The van der Waals surface area contributed by atoms with Gasteiger partial charge in [0.15, 0.2) is 11.7 Å². The van der Waals surface area contributed by atoms with Crippen molar-refractivity contribution in [1.29, 1.82) is 0 Å². The van der Waals surface area contributed by atoms with Gasteiger partial charge in [-0.3, -0.25) is 10.1 Å². The molecule has 1 aromatic heterocycles. The molecule has 2 rings (SSSR count). The number of para-hydroxylation sites is 1. The standard InChI is InChI=1S/C13H15N3O3/c1-2-14-8-7-13-15-9-12(19-13)10-5-3-4-6-11(10)16(17)18/h3-6,9,14H,2,7-8H2,1H3. The number of nitrogens with one attached hydrogen (secondary N) is 1. The maximum absolute atomic E-state index is 10.9. The summed E-state index contributed by atoms with van der Waals surface area (Å²) in [6.45, 7) is 3.68.